The third-order valence-corrected chi connectivity index (χ3v) is 7.53. The minimum Gasteiger partial charge on any atom is -0.367 e. The van der Waals surface area contributed by atoms with E-state index in [1.54, 1.807) is 28.8 Å². The third kappa shape index (κ3) is 8.12. The highest BCUT2D eigenvalue weighted by molar-refractivity contribution is 7.98. The molecule has 1 unspecified atom stereocenters. The molecule has 0 aliphatic rings. The summed E-state index contributed by atoms with van der Waals surface area (Å²) in [5.74, 6) is 0.290. The van der Waals surface area contributed by atoms with E-state index in [0.717, 1.165) is 16.7 Å². The largest absolute Gasteiger partial charge is 0.367 e. The molecule has 0 saturated carbocycles. The average Bonchev–Trinajstić information content (AvgIpc) is 3.45. The minimum atomic E-state index is -0.599. The van der Waals surface area contributed by atoms with Crippen LogP contribution in [0.2, 0.25) is 0 Å². The van der Waals surface area contributed by atoms with E-state index in [4.69, 9.17) is 4.74 Å². The third-order valence-electron chi connectivity index (χ3n) is 6.53. The van der Waals surface area contributed by atoms with Gasteiger partial charge in [-0.3, -0.25) is 19.5 Å². The van der Waals surface area contributed by atoms with Crippen molar-refractivity contribution < 1.29 is 18.8 Å². The SMILES string of the molecule is O=C(COCc1ccccc1)NC(Cc1ccccc1)c1nnc(SCc2ccc(F)cc2)n1-c1ccc([N+](=O)[O-])cc1. The van der Waals surface area contributed by atoms with Gasteiger partial charge < -0.3 is 10.1 Å². The summed E-state index contributed by atoms with van der Waals surface area (Å²) in [6.07, 6.45) is 0.416. The molecule has 0 radical (unpaired) electrons. The van der Waals surface area contributed by atoms with Gasteiger partial charge in [0, 0.05) is 23.6 Å². The number of amides is 1. The Bertz CT molecular complexity index is 1650. The van der Waals surface area contributed by atoms with Crippen molar-refractivity contribution in [2.24, 2.45) is 0 Å². The van der Waals surface area contributed by atoms with E-state index in [9.17, 15) is 19.3 Å². The van der Waals surface area contributed by atoms with Gasteiger partial charge in [0.2, 0.25) is 5.91 Å². The average molecular weight is 598 g/mol. The standard InChI is InChI=1S/C32H28FN5O4S/c33-26-13-11-25(12-14-26)22-43-32-36-35-31(37(32)27-15-17-28(18-16-27)38(40)41)29(19-23-7-3-1-4-8-23)34-30(39)21-42-20-24-9-5-2-6-10-24/h1-18,29H,19-22H2,(H,34,39). The number of nitrogens with one attached hydrogen (secondary N) is 1. The molecule has 0 fully saturated rings. The molecule has 43 heavy (non-hydrogen) atoms. The summed E-state index contributed by atoms with van der Waals surface area (Å²) in [5.41, 5.74) is 3.35. The fourth-order valence-corrected chi connectivity index (χ4v) is 5.34. The van der Waals surface area contributed by atoms with Crippen molar-refractivity contribution in [2.75, 3.05) is 6.61 Å². The first-order valence-corrected chi connectivity index (χ1v) is 14.5. The zero-order valence-corrected chi connectivity index (χ0v) is 23.8. The van der Waals surface area contributed by atoms with Gasteiger partial charge in [-0.1, -0.05) is 84.6 Å². The fourth-order valence-electron chi connectivity index (χ4n) is 4.42. The van der Waals surface area contributed by atoms with Gasteiger partial charge >= 0.3 is 0 Å². The molecule has 4 aromatic carbocycles. The monoisotopic (exact) mass is 597 g/mol. The normalized spacial score (nSPS) is 11.7. The molecule has 0 saturated heterocycles. The highest BCUT2D eigenvalue weighted by Gasteiger charge is 2.25. The molecule has 1 N–H and O–H groups in total. The first kappa shape index (κ1) is 29.6. The Kier molecular flexibility index (Phi) is 9.88. The molecule has 1 amide bonds. The second-order valence-electron chi connectivity index (χ2n) is 9.65. The molecule has 9 nitrogen and oxygen atoms in total. The Labute approximate surface area is 251 Å². The van der Waals surface area contributed by atoms with Crippen molar-refractivity contribution in [1.82, 2.24) is 20.1 Å². The highest BCUT2D eigenvalue weighted by atomic mass is 32.2. The number of nitro groups is 1. The number of rotatable bonds is 13. The first-order chi connectivity index (χ1) is 21.0. The van der Waals surface area contributed by atoms with Crippen LogP contribution in [0.1, 0.15) is 28.6 Å². The van der Waals surface area contributed by atoms with Crippen LogP contribution in [0.3, 0.4) is 0 Å². The number of thioether (sulfide) groups is 1. The van der Waals surface area contributed by atoms with Gasteiger partial charge in [-0.15, -0.1) is 10.2 Å². The van der Waals surface area contributed by atoms with Crippen LogP contribution in [0.25, 0.3) is 5.69 Å². The molecule has 1 heterocycles. The van der Waals surface area contributed by atoms with Gasteiger partial charge in [0.25, 0.3) is 5.69 Å². The van der Waals surface area contributed by atoms with Crippen molar-refractivity contribution in [1.29, 1.82) is 0 Å². The van der Waals surface area contributed by atoms with Gasteiger partial charge in [-0.25, -0.2) is 4.39 Å². The summed E-state index contributed by atoms with van der Waals surface area (Å²) < 4.78 is 20.9. The number of ether oxygens (including phenoxy) is 1. The summed E-state index contributed by atoms with van der Waals surface area (Å²) in [6.45, 7) is 0.138. The number of carbonyl (C=O) groups excluding carboxylic acids is 1. The number of hydrogen-bond acceptors (Lipinski definition) is 7. The molecular weight excluding hydrogens is 569 g/mol. The van der Waals surface area contributed by atoms with E-state index in [1.807, 2.05) is 60.7 Å². The minimum absolute atomic E-state index is 0.0522. The Balaban J connectivity index is 1.44. The number of hydrogen-bond donors (Lipinski definition) is 1. The second-order valence-corrected chi connectivity index (χ2v) is 10.6. The van der Waals surface area contributed by atoms with Gasteiger partial charge in [0.05, 0.1) is 17.6 Å². The molecule has 5 rings (SSSR count). The van der Waals surface area contributed by atoms with E-state index in [-0.39, 0.29) is 24.0 Å². The van der Waals surface area contributed by atoms with E-state index in [0.29, 0.717) is 35.4 Å². The lowest BCUT2D eigenvalue weighted by Crippen LogP contribution is -2.34. The molecule has 0 aliphatic heterocycles. The Morgan fingerprint density at radius 3 is 2.19 bits per heavy atom. The van der Waals surface area contributed by atoms with Crippen LogP contribution in [0.5, 0.6) is 0 Å². The van der Waals surface area contributed by atoms with Crippen LogP contribution >= 0.6 is 11.8 Å². The lowest BCUT2D eigenvalue weighted by molar-refractivity contribution is -0.384. The van der Waals surface area contributed by atoms with Gasteiger partial charge in [0.15, 0.2) is 11.0 Å². The maximum Gasteiger partial charge on any atom is 0.269 e. The lowest BCUT2D eigenvalue weighted by atomic mass is 10.0. The second kappa shape index (κ2) is 14.3. The molecule has 0 bridgehead atoms. The van der Waals surface area contributed by atoms with Crippen LogP contribution < -0.4 is 5.32 Å². The van der Waals surface area contributed by atoms with Gasteiger partial charge in [0.1, 0.15) is 12.4 Å². The number of aromatic nitrogens is 3. The fraction of sp³-hybridized carbons (Fsp3) is 0.156. The maximum absolute atomic E-state index is 13.4. The van der Waals surface area contributed by atoms with E-state index >= 15 is 0 Å². The smallest absolute Gasteiger partial charge is 0.269 e. The number of carbonyl (C=O) groups is 1. The summed E-state index contributed by atoms with van der Waals surface area (Å²) in [4.78, 5) is 24.0. The van der Waals surface area contributed by atoms with Crippen molar-refractivity contribution in [3.8, 4) is 5.69 Å². The van der Waals surface area contributed by atoms with Crippen molar-refractivity contribution >= 4 is 23.4 Å². The van der Waals surface area contributed by atoms with E-state index in [1.165, 1.54) is 36.0 Å². The van der Waals surface area contributed by atoms with Crippen LogP contribution in [0.15, 0.2) is 114 Å². The van der Waals surface area contributed by atoms with Gasteiger partial charge in [-0.2, -0.15) is 0 Å². The van der Waals surface area contributed by atoms with Crippen molar-refractivity contribution in [3.63, 3.8) is 0 Å². The summed E-state index contributed by atoms with van der Waals surface area (Å²) in [5, 5.41) is 23.8. The highest BCUT2D eigenvalue weighted by Crippen LogP contribution is 2.30. The van der Waals surface area contributed by atoms with E-state index < -0.39 is 11.0 Å². The first-order valence-electron chi connectivity index (χ1n) is 13.5. The Morgan fingerprint density at radius 1 is 0.884 bits per heavy atom. The molecular formula is C32H28FN5O4S. The van der Waals surface area contributed by atoms with E-state index in [2.05, 4.69) is 15.5 Å². The summed E-state index contributed by atoms with van der Waals surface area (Å²) in [6, 6.07) is 30.9. The predicted octanol–water partition coefficient (Wildman–Crippen LogP) is 6.22. The van der Waals surface area contributed by atoms with Crippen LogP contribution in [-0.2, 0) is 28.3 Å². The van der Waals surface area contributed by atoms with Crippen LogP contribution in [0.4, 0.5) is 10.1 Å². The number of benzene rings is 4. The quantitative estimate of drug-likeness (QED) is 0.0974. The number of halogens is 1. The van der Waals surface area contributed by atoms with Gasteiger partial charge in [-0.05, 0) is 47.4 Å². The van der Waals surface area contributed by atoms with Crippen LogP contribution in [-0.4, -0.2) is 32.2 Å². The molecule has 0 aliphatic carbocycles. The molecule has 218 valence electrons. The Hall–Kier alpha value is -4.87. The topological polar surface area (TPSA) is 112 Å². The number of nitro benzene ring substituents is 1. The Morgan fingerprint density at radius 2 is 1.53 bits per heavy atom. The molecule has 1 atom stereocenters. The van der Waals surface area contributed by atoms with Crippen LogP contribution in [0, 0.1) is 15.9 Å². The van der Waals surface area contributed by atoms with Crippen molar-refractivity contribution in [2.45, 2.75) is 30.0 Å². The number of nitrogens with zero attached hydrogens (tertiary/aromatic N) is 4. The predicted molar refractivity (Wildman–Crippen MR) is 161 cm³/mol. The zero-order valence-electron chi connectivity index (χ0n) is 23.0. The lowest BCUT2D eigenvalue weighted by Gasteiger charge is -2.20. The zero-order chi connectivity index (χ0) is 30.0. The van der Waals surface area contributed by atoms with Crippen molar-refractivity contribution in [3.05, 3.63) is 148 Å². The number of non-ortho nitro benzene ring substituents is 1. The summed E-state index contributed by atoms with van der Waals surface area (Å²) >= 11 is 1.38. The molecule has 0 spiro atoms. The maximum atomic E-state index is 13.4. The summed E-state index contributed by atoms with van der Waals surface area (Å²) in [7, 11) is 0. The molecule has 5 aromatic rings. The molecule has 1 aromatic heterocycles. The molecule has 11 heteroatoms.